The van der Waals surface area contributed by atoms with Crippen LogP contribution in [0.3, 0.4) is 0 Å². The second kappa shape index (κ2) is 7.95. The first-order valence-electron chi connectivity index (χ1n) is 9.91. The molecule has 4 heteroatoms. The van der Waals surface area contributed by atoms with Gasteiger partial charge in [0.15, 0.2) is 0 Å². The predicted molar refractivity (Wildman–Crippen MR) is 108 cm³/mol. The second-order valence-corrected chi connectivity index (χ2v) is 7.80. The smallest absolute Gasteiger partial charge is 0.225 e. The number of rotatable bonds is 5. The van der Waals surface area contributed by atoms with Crippen molar-refractivity contribution in [3.05, 3.63) is 66.0 Å². The fourth-order valence-corrected chi connectivity index (χ4v) is 4.24. The van der Waals surface area contributed by atoms with Crippen molar-refractivity contribution in [2.24, 2.45) is 11.8 Å². The normalized spacial score (nSPS) is 19.9. The zero-order chi connectivity index (χ0) is 18.6. The molecular weight excluding hydrogens is 334 g/mol. The van der Waals surface area contributed by atoms with E-state index in [1.807, 2.05) is 48.3 Å². The minimum atomic E-state index is 0.172. The third-order valence-electron chi connectivity index (χ3n) is 5.76. The molecule has 3 aromatic rings. The third kappa shape index (κ3) is 4.21. The maximum Gasteiger partial charge on any atom is 0.225 e. The molecule has 0 bridgehead atoms. The van der Waals surface area contributed by atoms with Gasteiger partial charge in [-0.05, 0) is 49.3 Å². The summed E-state index contributed by atoms with van der Waals surface area (Å²) >= 11 is 0. The van der Waals surface area contributed by atoms with Crippen LogP contribution in [0, 0.1) is 11.8 Å². The minimum Gasteiger partial charge on any atom is -0.342 e. The lowest BCUT2D eigenvalue weighted by Crippen LogP contribution is -2.34. The lowest BCUT2D eigenvalue weighted by atomic mass is 9.80. The van der Waals surface area contributed by atoms with Crippen LogP contribution in [0.2, 0.25) is 0 Å². The van der Waals surface area contributed by atoms with Crippen molar-refractivity contribution in [1.29, 1.82) is 0 Å². The number of fused-ring (bicyclic) bond motifs is 1. The minimum absolute atomic E-state index is 0.172. The van der Waals surface area contributed by atoms with Crippen LogP contribution in [0.1, 0.15) is 37.1 Å². The lowest BCUT2D eigenvalue weighted by molar-refractivity contribution is -0.136. The first-order valence-corrected chi connectivity index (χ1v) is 9.91. The Balaban J connectivity index is 1.29. The van der Waals surface area contributed by atoms with Crippen LogP contribution in [0.4, 0.5) is 0 Å². The molecule has 2 aromatic carbocycles. The monoisotopic (exact) mass is 361 g/mol. The maximum atomic E-state index is 12.8. The lowest BCUT2D eigenvalue weighted by Gasteiger charge is -2.30. The summed E-state index contributed by atoms with van der Waals surface area (Å²) in [4.78, 5) is 22.8. The van der Waals surface area contributed by atoms with Crippen LogP contribution in [-0.4, -0.2) is 27.8 Å². The van der Waals surface area contributed by atoms with Crippen LogP contribution < -0.4 is 0 Å². The molecule has 27 heavy (non-hydrogen) atoms. The quantitative estimate of drug-likeness (QED) is 0.724. The van der Waals surface area contributed by atoms with E-state index in [0.717, 1.165) is 49.0 Å². The highest BCUT2D eigenvalue weighted by Crippen LogP contribution is 2.32. The molecule has 1 aliphatic rings. The number of nitrogens with zero attached hydrogens (tertiary/aromatic N) is 2. The zero-order valence-corrected chi connectivity index (χ0v) is 15.9. The number of hydrogen-bond acceptors (Lipinski definition) is 2. The molecule has 0 atom stereocenters. The molecule has 1 amide bonds. The average molecular weight is 361 g/mol. The van der Waals surface area contributed by atoms with Crippen molar-refractivity contribution < 1.29 is 4.79 Å². The van der Waals surface area contributed by atoms with E-state index in [4.69, 9.17) is 4.98 Å². The van der Waals surface area contributed by atoms with Crippen molar-refractivity contribution in [3.63, 3.8) is 0 Å². The number of amides is 1. The van der Waals surface area contributed by atoms with Crippen LogP contribution in [-0.2, 0) is 17.8 Å². The largest absolute Gasteiger partial charge is 0.342 e. The Morgan fingerprint density at radius 2 is 1.74 bits per heavy atom. The van der Waals surface area contributed by atoms with Crippen molar-refractivity contribution in [2.75, 3.05) is 7.05 Å². The molecule has 1 heterocycles. The maximum absolute atomic E-state index is 12.8. The highest BCUT2D eigenvalue weighted by atomic mass is 16.2. The Kier molecular flexibility index (Phi) is 5.23. The van der Waals surface area contributed by atoms with Crippen LogP contribution >= 0.6 is 0 Å². The first kappa shape index (κ1) is 17.8. The van der Waals surface area contributed by atoms with E-state index >= 15 is 0 Å². The molecule has 0 unspecified atom stereocenters. The summed E-state index contributed by atoms with van der Waals surface area (Å²) in [5, 5.41) is 0. The molecule has 0 spiro atoms. The summed E-state index contributed by atoms with van der Waals surface area (Å²) in [6, 6.07) is 18.4. The summed E-state index contributed by atoms with van der Waals surface area (Å²) in [6.07, 6.45) is 5.17. The van der Waals surface area contributed by atoms with Gasteiger partial charge in [-0.25, -0.2) is 4.98 Å². The molecule has 1 saturated carbocycles. The number of para-hydroxylation sites is 2. The molecule has 1 N–H and O–H groups in total. The van der Waals surface area contributed by atoms with Crippen molar-refractivity contribution in [3.8, 4) is 0 Å². The molecule has 4 nitrogen and oxygen atoms in total. The molecule has 0 radical (unpaired) electrons. The first-order chi connectivity index (χ1) is 13.2. The molecule has 140 valence electrons. The van der Waals surface area contributed by atoms with Gasteiger partial charge in [0, 0.05) is 25.9 Å². The summed E-state index contributed by atoms with van der Waals surface area (Å²) < 4.78 is 0. The van der Waals surface area contributed by atoms with Crippen molar-refractivity contribution >= 4 is 16.9 Å². The molecule has 4 rings (SSSR count). The van der Waals surface area contributed by atoms with Crippen molar-refractivity contribution in [2.45, 2.75) is 38.6 Å². The predicted octanol–water partition coefficient (Wildman–Crippen LogP) is 4.57. The fraction of sp³-hybridized carbons (Fsp3) is 0.391. The Labute approximate surface area is 160 Å². The van der Waals surface area contributed by atoms with Gasteiger partial charge in [-0.2, -0.15) is 0 Å². The Hall–Kier alpha value is -2.62. The second-order valence-electron chi connectivity index (χ2n) is 7.80. The zero-order valence-electron chi connectivity index (χ0n) is 15.9. The van der Waals surface area contributed by atoms with E-state index < -0.39 is 0 Å². The molecule has 1 aliphatic carbocycles. The molecule has 0 aliphatic heterocycles. The highest BCUT2D eigenvalue weighted by molar-refractivity contribution is 5.78. The summed E-state index contributed by atoms with van der Waals surface area (Å²) in [5.74, 6) is 2.16. The van der Waals surface area contributed by atoms with Gasteiger partial charge in [0.1, 0.15) is 5.82 Å². The molecule has 1 fully saturated rings. The number of carbonyl (C=O) groups excluding carboxylic acids is 1. The van der Waals surface area contributed by atoms with E-state index in [1.165, 1.54) is 5.56 Å². The standard InChI is InChI=1S/C23H27N3O/c1-26(16-18-7-3-2-4-8-18)23(27)19-13-11-17(12-14-19)15-22-24-20-9-5-6-10-21(20)25-22/h2-10,17,19H,11-16H2,1H3,(H,24,25). The topological polar surface area (TPSA) is 49.0 Å². The van der Waals surface area contributed by atoms with Gasteiger partial charge >= 0.3 is 0 Å². The van der Waals surface area contributed by atoms with Crippen LogP contribution in [0.5, 0.6) is 0 Å². The number of carbonyl (C=O) groups is 1. The van der Waals surface area contributed by atoms with Crippen molar-refractivity contribution in [1.82, 2.24) is 14.9 Å². The number of benzene rings is 2. The van der Waals surface area contributed by atoms with Gasteiger partial charge in [-0.3, -0.25) is 4.79 Å². The number of nitrogens with one attached hydrogen (secondary N) is 1. The van der Waals surface area contributed by atoms with E-state index in [0.29, 0.717) is 18.4 Å². The van der Waals surface area contributed by atoms with Gasteiger partial charge < -0.3 is 9.88 Å². The fourth-order valence-electron chi connectivity index (χ4n) is 4.24. The van der Waals surface area contributed by atoms with Gasteiger partial charge in [0.25, 0.3) is 0 Å². The van der Waals surface area contributed by atoms with Gasteiger partial charge in [-0.1, -0.05) is 42.5 Å². The van der Waals surface area contributed by atoms with Gasteiger partial charge in [-0.15, -0.1) is 0 Å². The third-order valence-corrected chi connectivity index (χ3v) is 5.76. The van der Waals surface area contributed by atoms with E-state index in [9.17, 15) is 4.79 Å². The molecule has 1 aromatic heterocycles. The number of hydrogen-bond donors (Lipinski definition) is 1. The summed E-state index contributed by atoms with van der Waals surface area (Å²) in [6.45, 7) is 0.693. The number of aromatic amines is 1. The van der Waals surface area contributed by atoms with Crippen LogP contribution in [0.15, 0.2) is 54.6 Å². The van der Waals surface area contributed by atoms with E-state index in [1.54, 1.807) is 0 Å². The molecular formula is C23H27N3O. The molecule has 0 saturated heterocycles. The summed E-state index contributed by atoms with van der Waals surface area (Å²) in [5.41, 5.74) is 3.34. The van der Waals surface area contributed by atoms with Gasteiger partial charge in [0.2, 0.25) is 5.91 Å². The number of H-pyrrole nitrogens is 1. The van der Waals surface area contributed by atoms with Gasteiger partial charge in [0.05, 0.1) is 11.0 Å². The average Bonchev–Trinajstić information content (AvgIpc) is 3.11. The Morgan fingerprint density at radius 1 is 1.04 bits per heavy atom. The SMILES string of the molecule is CN(Cc1ccccc1)C(=O)C1CCC(Cc2nc3ccccc3[nH]2)CC1. The summed E-state index contributed by atoms with van der Waals surface area (Å²) in [7, 11) is 1.93. The number of aromatic nitrogens is 2. The Morgan fingerprint density at radius 3 is 2.48 bits per heavy atom. The van der Waals surface area contributed by atoms with E-state index in [-0.39, 0.29) is 5.92 Å². The number of imidazole rings is 1. The Bertz CT molecular complexity index is 861. The van der Waals surface area contributed by atoms with Crippen LogP contribution in [0.25, 0.3) is 11.0 Å². The van der Waals surface area contributed by atoms with E-state index in [2.05, 4.69) is 23.2 Å². The highest BCUT2D eigenvalue weighted by Gasteiger charge is 2.28.